The minimum Gasteiger partial charge on any atom is -0.354 e. The Morgan fingerprint density at radius 3 is 2.24 bits per heavy atom. The maximum Gasteiger partial charge on any atom is 0.401 e. The molecule has 1 aliphatic heterocycles. The van der Waals surface area contributed by atoms with Crippen molar-refractivity contribution in [2.75, 3.05) is 39.3 Å². The number of carbonyl (C=O) groups excluding carboxylic acids is 1. The molecule has 1 amide bonds. The van der Waals surface area contributed by atoms with E-state index in [0.29, 0.717) is 32.7 Å². The number of hydrogen-bond acceptors (Lipinski definition) is 4. The van der Waals surface area contributed by atoms with E-state index in [-0.39, 0.29) is 24.4 Å². The molecule has 1 aliphatic rings. The fourth-order valence-corrected chi connectivity index (χ4v) is 2.50. The molecule has 0 radical (unpaired) electrons. The Balaban J connectivity index is 2.41. The van der Waals surface area contributed by atoms with Gasteiger partial charge in [0.1, 0.15) is 0 Å². The molecule has 3 N–H and O–H groups in total. The Labute approximate surface area is 123 Å². The lowest BCUT2D eigenvalue weighted by atomic mass is 10.1. The average Bonchev–Trinajstić information content (AvgIpc) is 2.34. The highest BCUT2D eigenvalue weighted by molar-refractivity contribution is 5.76. The average molecular weight is 310 g/mol. The van der Waals surface area contributed by atoms with Crippen molar-refractivity contribution in [3.05, 3.63) is 0 Å². The number of nitrogens with zero attached hydrogens (tertiary/aromatic N) is 2. The summed E-state index contributed by atoms with van der Waals surface area (Å²) in [7, 11) is 0. The van der Waals surface area contributed by atoms with Crippen LogP contribution in [0.1, 0.15) is 20.3 Å². The summed E-state index contributed by atoms with van der Waals surface area (Å²) in [5.74, 6) is -0.0711. The minimum absolute atomic E-state index is 0.0690. The first-order valence-electron chi connectivity index (χ1n) is 7.24. The first-order valence-corrected chi connectivity index (χ1v) is 7.24. The summed E-state index contributed by atoms with van der Waals surface area (Å²) in [6, 6.07) is -0.0451. The number of alkyl halides is 3. The van der Waals surface area contributed by atoms with E-state index in [1.165, 1.54) is 4.90 Å². The van der Waals surface area contributed by atoms with Gasteiger partial charge in [0.15, 0.2) is 0 Å². The van der Waals surface area contributed by atoms with Crippen molar-refractivity contribution < 1.29 is 18.0 Å². The van der Waals surface area contributed by atoms with Gasteiger partial charge >= 0.3 is 6.18 Å². The number of hydrogen-bond donors (Lipinski definition) is 2. The van der Waals surface area contributed by atoms with Gasteiger partial charge in [-0.1, -0.05) is 0 Å². The second-order valence-corrected chi connectivity index (χ2v) is 5.74. The van der Waals surface area contributed by atoms with Gasteiger partial charge < -0.3 is 11.1 Å². The third kappa shape index (κ3) is 7.10. The zero-order chi connectivity index (χ0) is 16.0. The van der Waals surface area contributed by atoms with Gasteiger partial charge in [0.05, 0.1) is 6.54 Å². The smallest absolute Gasteiger partial charge is 0.354 e. The quantitative estimate of drug-likeness (QED) is 0.746. The molecule has 8 heteroatoms. The zero-order valence-electron chi connectivity index (χ0n) is 12.6. The Kier molecular flexibility index (Phi) is 6.89. The van der Waals surface area contributed by atoms with Crippen molar-refractivity contribution in [3.63, 3.8) is 0 Å². The minimum atomic E-state index is -4.16. The van der Waals surface area contributed by atoms with Crippen LogP contribution in [0.3, 0.4) is 0 Å². The lowest BCUT2D eigenvalue weighted by Gasteiger charge is -2.39. The third-order valence-electron chi connectivity index (χ3n) is 3.47. The third-order valence-corrected chi connectivity index (χ3v) is 3.47. The van der Waals surface area contributed by atoms with Crippen LogP contribution >= 0.6 is 0 Å². The Hall–Kier alpha value is -0.860. The van der Waals surface area contributed by atoms with E-state index in [2.05, 4.69) is 5.32 Å². The van der Waals surface area contributed by atoms with Crippen LogP contribution in [0.15, 0.2) is 0 Å². The topological polar surface area (TPSA) is 61.6 Å². The molecule has 1 rings (SSSR count). The molecule has 5 nitrogen and oxygen atoms in total. The van der Waals surface area contributed by atoms with E-state index >= 15 is 0 Å². The molecule has 0 aromatic heterocycles. The second kappa shape index (κ2) is 7.95. The highest BCUT2D eigenvalue weighted by Gasteiger charge is 2.33. The molecule has 0 saturated carbocycles. The molecular weight excluding hydrogens is 285 g/mol. The van der Waals surface area contributed by atoms with Gasteiger partial charge in [0.2, 0.25) is 5.91 Å². The molecule has 0 aliphatic carbocycles. The number of piperazine rings is 1. The Bertz CT molecular complexity index is 328. The summed E-state index contributed by atoms with van der Waals surface area (Å²) < 4.78 is 37.0. The lowest BCUT2D eigenvalue weighted by molar-refractivity contribution is -0.149. The van der Waals surface area contributed by atoms with Crippen molar-refractivity contribution in [3.8, 4) is 0 Å². The number of carbonyl (C=O) groups is 1. The number of halogens is 3. The van der Waals surface area contributed by atoms with Crippen molar-refractivity contribution in [2.24, 2.45) is 5.73 Å². The summed E-state index contributed by atoms with van der Waals surface area (Å²) in [5.41, 5.74) is 5.70. The van der Waals surface area contributed by atoms with Crippen molar-refractivity contribution >= 4 is 5.91 Å². The van der Waals surface area contributed by atoms with Crippen LogP contribution in [-0.4, -0.2) is 73.2 Å². The van der Waals surface area contributed by atoms with Crippen LogP contribution in [0.5, 0.6) is 0 Å². The van der Waals surface area contributed by atoms with Crippen LogP contribution in [-0.2, 0) is 4.79 Å². The molecule has 0 bridgehead atoms. The van der Waals surface area contributed by atoms with Gasteiger partial charge in [-0.05, 0) is 13.8 Å². The summed E-state index contributed by atoms with van der Waals surface area (Å²) in [4.78, 5) is 15.2. The fraction of sp³-hybridized carbons (Fsp3) is 0.923. The van der Waals surface area contributed by atoms with Crippen LogP contribution < -0.4 is 11.1 Å². The van der Waals surface area contributed by atoms with Gasteiger partial charge in [-0.25, -0.2) is 0 Å². The maximum atomic E-state index is 12.3. The summed E-state index contributed by atoms with van der Waals surface area (Å²) in [5, 5.41) is 2.81. The normalized spacial score (nSPS) is 19.8. The molecule has 0 spiro atoms. The van der Waals surface area contributed by atoms with Gasteiger partial charge in [-0.2, -0.15) is 13.2 Å². The first-order chi connectivity index (χ1) is 9.71. The highest BCUT2D eigenvalue weighted by Crippen LogP contribution is 2.18. The molecule has 1 saturated heterocycles. The van der Waals surface area contributed by atoms with E-state index in [0.717, 1.165) is 0 Å². The SMILES string of the molecule is CC(C)NC(=O)CC(CN)N1CCN(CC(F)(F)F)CC1. The Morgan fingerprint density at radius 1 is 1.24 bits per heavy atom. The van der Waals surface area contributed by atoms with E-state index < -0.39 is 12.7 Å². The first kappa shape index (κ1) is 18.2. The molecule has 124 valence electrons. The van der Waals surface area contributed by atoms with Crippen LogP contribution in [0.25, 0.3) is 0 Å². The molecule has 1 heterocycles. The number of amides is 1. The predicted molar refractivity (Wildman–Crippen MR) is 74.8 cm³/mol. The van der Waals surface area contributed by atoms with E-state index in [1.807, 2.05) is 18.7 Å². The number of rotatable bonds is 6. The van der Waals surface area contributed by atoms with E-state index in [1.54, 1.807) is 0 Å². The Morgan fingerprint density at radius 2 is 1.81 bits per heavy atom. The molecule has 21 heavy (non-hydrogen) atoms. The van der Waals surface area contributed by atoms with E-state index in [9.17, 15) is 18.0 Å². The van der Waals surface area contributed by atoms with Crippen LogP contribution in [0, 0.1) is 0 Å². The molecule has 1 fully saturated rings. The molecule has 1 unspecified atom stereocenters. The van der Waals surface area contributed by atoms with Gasteiger partial charge in [0, 0.05) is 51.2 Å². The number of nitrogens with two attached hydrogens (primary N) is 1. The monoisotopic (exact) mass is 310 g/mol. The van der Waals surface area contributed by atoms with Crippen LogP contribution in [0.2, 0.25) is 0 Å². The molecule has 1 atom stereocenters. The number of nitrogens with one attached hydrogen (secondary N) is 1. The summed E-state index contributed by atoms with van der Waals surface area (Å²) in [6.45, 7) is 4.92. The zero-order valence-corrected chi connectivity index (χ0v) is 12.6. The summed E-state index contributed by atoms with van der Waals surface area (Å²) in [6.07, 6.45) is -3.87. The van der Waals surface area contributed by atoms with Gasteiger partial charge in [-0.15, -0.1) is 0 Å². The predicted octanol–water partition coefficient (Wildman–Crippen LogP) is 0.408. The second-order valence-electron chi connectivity index (χ2n) is 5.74. The molecule has 0 aromatic rings. The van der Waals surface area contributed by atoms with Crippen molar-refractivity contribution in [1.29, 1.82) is 0 Å². The lowest BCUT2D eigenvalue weighted by Crippen LogP contribution is -2.54. The van der Waals surface area contributed by atoms with Gasteiger partial charge in [0.25, 0.3) is 0 Å². The standard InChI is InChI=1S/C13H25F3N4O/c1-10(2)18-12(21)7-11(8-17)20-5-3-19(4-6-20)9-13(14,15)16/h10-11H,3-9,17H2,1-2H3,(H,18,21). The fourth-order valence-electron chi connectivity index (χ4n) is 2.50. The highest BCUT2D eigenvalue weighted by atomic mass is 19.4. The van der Waals surface area contributed by atoms with Crippen molar-refractivity contribution in [1.82, 2.24) is 15.1 Å². The van der Waals surface area contributed by atoms with Crippen molar-refractivity contribution in [2.45, 2.75) is 38.5 Å². The van der Waals surface area contributed by atoms with Gasteiger partial charge in [-0.3, -0.25) is 14.6 Å². The largest absolute Gasteiger partial charge is 0.401 e. The van der Waals surface area contributed by atoms with E-state index in [4.69, 9.17) is 5.73 Å². The molecular formula is C13H25F3N4O. The maximum absolute atomic E-state index is 12.3. The summed E-state index contributed by atoms with van der Waals surface area (Å²) >= 11 is 0. The molecule has 0 aromatic carbocycles. The van der Waals surface area contributed by atoms with Crippen LogP contribution in [0.4, 0.5) is 13.2 Å².